The minimum absolute atomic E-state index is 0.0802. The number of hydrogen-bond acceptors (Lipinski definition) is 6. The van der Waals surface area contributed by atoms with E-state index in [9.17, 15) is 0 Å². The van der Waals surface area contributed by atoms with Crippen molar-refractivity contribution in [1.82, 2.24) is 14.9 Å². The highest BCUT2D eigenvalue weighted by atomic mass is 32.1. The third-order valence-electron chi connectivity index (χ3n) is 4.64. The molecule has 1 N–H and O–H groups in total. The number of H-pyrrole nitrogens is 1. The Morgan fingerprint density at radius 1 is 1.28 bits per heavy atom. The van der Waals surface area contributed by atoms with E-state index in [0.717, 1.165) is 30.6 Å². The maximum absolute atomic E-state index is 5.90. The Morgan fingerprint density at radius 3 is 2.90 bits per heavy atom. The molecule has 0 radical (unpaired) electrons. The number of methoxy groups -OCH3 is 1. The zero-order valence-electron chi connectivity index (χ0n) is 16.1. The summed E-state index contributed by atoms with van der Waals surface area (Å²) < 4.78 is 19.1. The molecule has 3 aromatic rings. The lowest BCUT2D eigenvalue weighted by Crippen LogP contribution is -2.05. The minimum atomic E-state index is -0.0802. The van der Waals surface area contributed by atoms with Gasteiger partial charge in [0.05, 0.1) is 13.3 Å². The van der Waals surface area contributed by atoms with Crippen LogP contribution in [0.2, 0.25) is 0 Å². The van der Waals surface area contributed by atoms with Gasteiger partial charge < -0.3 is 14.2 Å². The van der Waals surface area contributed by atoms with Crippen LogP contribution < -0.4 is 9.47 Å². The Labute approximate surface area is 173 Å². The molecular formula is C21H22N4O3S. The molecule has 1 saturated heterocycles. The predicted molar refractivity (Wildman–Crippen MR) is 112 cm³/mol. The number of hydrogen-bond donors (Lipinski definition) is 1. The number of nitrogens with one attached hydrogen (secondary N) is 1. The largest absolute Gasteiger partial charge is 0.493 e. The fourth-order valence-corrected chi connectivity index (χ4v) is 3.33. The summed E-state index contributed by atoms with van der Waals surface area (Å²) in [5.74, 6) is 2.01. The van der Waals surface area contributed by atoms with Crippen LogP contribution in [0.25, 0.3) is 0 Å². The summed E-state index contributed by atoms with van der Waals surface area (Å²) >= 11 is 5.30. The zero-order chi connectivity index (χ0) is 20.1. The van der Waals surface area contributed by atoms with Crippen molar-refractivity contribution in [3.05, 3.63) is 70.3 Å². The Balaban J connectivity index is 1.51. The van der Waals surface area contributed by atoms with Crippen LogP contribution in [-0.2, 0) is 11.3 Å². The standard InChI is InChI=1S/C21H22N4O3S/c1-26-19-12-16(9-10-17(19)28-14-15-6-3-2-4-7-15)13-22-25-20(23-24-21(25)29)18-8-5-11-27-18/h2-4,6-7,9-10,12-13,18H,5,8,11,14H2,1H3,(H,24,29)/b22-13-/t18-/m1/s1. The molecule has 2 aromatic carbocycles. The molecule has 29 heavy (non-hydrogen) atoms. The third-order valence-corrected chi connectivity index (χ3v) is 4.90. The molecular weight excluding hydrogens is 388 g/mol. The van der Waals surface area contributed by atoms with Gasteiger partial charge in [-0.05, 0) is 54.4 Å². The molecule has 0 saturated carbocycles. The highest BCUT2D eigenvalue weighted by Crippen LogP contribution is 2.29. The van der Waals surface area contributed by atoms with Gasteiger partial charge in [0.1, 0.15) is 12.7 Å². The van der Waals surface area contributed by atoms with E-state index in [2.05, 4.69) is 15.3 Å². The van der Waals surface area contributed by atoms with Crippen LogP contribution in [0.3, 0.4) is 0 Å². The number of aromatic nitrogens is 3. The molecule has 1 aliphatic rings. The fourth-order valence-electron chi connectivity index (χ4n) is 3.15. The van der Waals surface area contributed by atoms with E-state index in [1.165, 1.54) is 0 Å². The lowest BCUT2D eigenvalue weighted by atomic mass is 10.2. The molecule has 1 aromatic heterocycles. The van der Waals surface area contributed by atoms with Gasteiger partial charge in [-0.1, -0.05) is 30.3 Å². The summed E-state index contributed by atoms with van der Waals surface area (Å²) in [7, 11) is 1.62. The molecule has 0 spiro atoms. The Morgan fingerprint density at radius 2 is 2.14 bits per heavy atom. The van der Waals surface area contributed by atoms with Gasteiger partial charge in [0, 0.05) is 6.61 Å². The Hall–Kier alpha value is -2.97. The highest BCUT2D eigenvalue weighted by molar-refractivity contribution is 7.71. The van der Waals surface area contributed by atoms with Gasteiger partial charge in [-0.3, -0.25) is 5.10 Å². The average Bonchev–Trinajstić information content (AvgIpc) is 3.41. The molecule has 1 aliphatic heterocycles. The van der Waals surface area contributed by atoms with Gasteiger partial charge in [0.25, 0.3) is 0 Å². The van der Waals surface area contributed by atoms with Crippen LogP contribution in [0.1, 0.15) is 35.9 Å². The number of rotatable bonds is 7. The first-order valence-electron chi connectivity index (χ1n) is 9.42. The van der Waals surface area contributed by atoms with E-state index < -0.39 is 0 Å². The number of nitrogens with zero attached hydrogens (tertiary/aromatic N) is 3. The van der Waals surface area contributed by atoms with Crippen LogP contribution in [0.5, 0.6) is 11.5 Å². The van der Waals surface area contributed by atoms with E-state index in [1.807, 2.05) is 48.5 Å². The van der Waals surface area contributed by atoms with Crippen LogP contribution in [-0.4, -0.2) is 34.8 Å². The molecule has 7 nitrogen and oxygen atoms in total. The van der Waals surface area contributed by atoms with Gasteiger partial charge in [-0.25, -0.2) is 0 Å². The van der Waals surface area contributed by atoms with E-state index in [-0.39, 0.29) is 6.10 Å². The third kappa shape index (κ3) is 4.55. The predicted octanol–water partition coefficient (Wildman–Crippen LogP) is 4.26. The van der Waals surface area contributed by atoms with Crippen molar-refractivity contribution in [3.63, 3.8) is 0 Å². The molecule has 0 amide bonds. The molecule has 8 heteroatoms. The quantitative estimate of drug-likeness (QED) is 0.465. The van der Waals surface area contributed by atoms with Crippen molar-refractivity contribution in [3.8, 4) is 11.5 Å². The highest BCUT2D eigenvalue weighted by Gasteiger charge is 2.23. The van der Waals surface area contributed by atoms with Crippen LogP contribution in [0, 0.1) is 4.77 Å². The Kier molecular flexibility index (Phi) is 6.02. The molecule has 1 atom stereocenters. The summed E-state index contributed by atoms with van der Waals surface area (Å²) in [6, 6.07) is 15.7. The van der Waals surface area contributed by atoms with Gasteiger partial charge in [0.2, 0.25) is 4.77 Å². The summed E-state index contributed by atoms with van der Waals surface area (Å²) in [6.45, 7) is 1.20. The Bertz CT molecular complexity index is 1040. The van der Waals surface area contributed by atoms with Gasteiger partial charge in [-0.15, -0.1) is 0 Å². The average molecular weight is 410 g/mol. The summed E-state index contributed by atoms with van der Waals surface area (Å²) in [4.78, 5) is 0. The van der Waals surface area contributed by atoms with E-state index in [0.29, 0.717) is 28.7 Å². The first-order valence-corrected chi connectivity index (χ1v) is 9.83. The summed E-state index contributed by atoms with van der Waals surface area (Å²) in [6.07, 6.45) is 3.56. The van der Waals surface area contributed by atoms with Gasteiger partial charge >= 0.3 is 0 Å². The first kappa shape index (κ1) is 19.4. The first-order chi connectivity index (χ1) is 14.2. The number of aromatic amines is 1. The van der Waals surface area contributed by atoms with E-state index >= 15 is 0 Å². The maximum Gasteiger partial charge on any atom is 0.216 e. The van der Waals surface area contributed by atoms with Crippen molar-refractivity contribution in [1.29, 1.82) is 0 Å². The number of benzene rings is 2. The monoisotopic (exact) mass is 410 g/mol. The van der Waals surface area contributed by atoms with Crippen molar-refractivity contribution in [2.24, 2.45) is 5.10 Å². The van der Waals surface area contributed by atoms with Crippen molar-refractivity contribution >= 4 is 18.4 Å². The fraction of sp³-hybridized carbons (Fsp3) is 0.286. The minimum Gasteiger partial charge on any atom is -0.493 e. The smallest absolute Gasteiger partial charge is 0.216 e. The zero-order valence-corrected chi connectivity index (χ0v) is 16.9. The summed E-state index contributed by atoms with van der Waals surface area (Å²) in [5.41, 5.74) is 1.95. The second kappa shape index (κ2) is 9.02. The van der Waals surface area contributed by atoms with Crippen LogP contribution >= 0.6 is 12.2 Å². The van der Waals surface area contributed by atoms with Gasteiger partial charge in [0.15, 0.2) is 17.3 Å². The molecule has 0 aliphatic carbocycles. The molecule has 0 bridgehead atoms. The maximum atomic E-state index is 5.90. The van der Waals surface area contributed by atoms with Crippen molar-refractivity contribution < 1.29 is 14.2 Å². The van der Waals surface area contributed by atoms with Crippen molar-refractivity contribution in [2.45, 2.75) is 25.6 Å². The number of ether oxygens (including phenoxy) is 3. The molecule has 1 fully saturated rings. The molecule has 2 heterocycles. The van der Waals surface area contributed by atoms with E-state index in [4.69, 9.17) is 26.4 Å². The second-order valence-corrected chi connectivity index (χ2v) is 7.02. The molecule has 0 unspecified atom stereocenters. The van der Waals surface area contributed by atoms with E-state index in [1.54, 1.807) is 18.0 Å². The SMILES string of the molecule is COc1cc(/C=N\n2c([C@H]3CCCO3)n[nH]c2=S)ccc1OCc1ccccc1. The topological polar surface area (TPSA) is 73.7 Å². The van der Waals surface area contributed by atoms with Crippen molar-refractivity contribution in [2.75, 3.05) is 13.7 Å². The molecule has 4 rings (SSSR count). The van der Waals surface area contributed by atoms with Gasteiger partial charge in [-0.2, -0.15) is 14.9 Å². The molecule has 150 valence electrons. The van der Waals surface area contributed by atoms with Crippen LogP contribution in [0.15, 0.2) is 53.6 Å². The van der Waals surface area contributed by atoms with Crippen LogP contribution in [0.4, 0.5) is 0 Å². The lowest BCUT2D eigenvalue weighted by molar-refractivity contribution is 0.102. The lowest BCUT2D eigenvalue weighted by Gasteiger charge is -2.11. The normalized spacial score (nSPS) is 16.4. The summed E-state index contributed by atoms with van der Waals surface area (Å²) in [5, 5.41) is 11.6. The second-order valence-electron chi connectivity index (χ2n) is 6.63.